The van der Waals surface area contributed by atoms with Gasteiger partial charge < -0.3 is 15.5 Å². The second-order valence-corrected chi connectivity index (χ2v) is 6.51. The van der Waals surface area contributed by atoms with Crippen molar-refractivity contribution in [3.05, 3.63) is 72.2 Å². The Kier molecular flexibility index (Phi) is 4.72. The standard InChI is InChI=1S/C21H19N5O2/c1-14(27)24-16-6-4-7-17(11-16)25-20-13-22-18(12-23-20)21(28)26-10-9-15-5-2-3-8-19(15)26/h2-8,11-13H,9-10H2,1H3,(H,23,25)(H,24,27). The molecule has 1 aliphatic rings. The molecule has 0 saturated heterocycles. The molecule has 0 bridgehead atoms. The highest BCUT2D eigenvalue weighted by atomic mass is 16.2. The number of fused-ring (bicyclic) bond motifs is 1. The van der Waals surface area contributed by atoms with Crippen LogP contribution >= 0.6 is 0 Å². The third-order valence-corrected chi connectivity index (χ3v) is 4.46. The van der Waals surface area contributed by atoms with Crippen molar-refractivity contribution in [2.75, 3.05) is 22.1 Å². The molecule has 2 heterocycles. The highest BCUT2D eigenvalue weighted by Crippen LogP contribution is 2.28. The lowest BCUT2D eigenvalue weighted by Crippen LogP contribution is -2.29. The van der Waals surface area contributed by atoms with Gasteiger partial charge in [-0.05, 0) is 36.2 Å². The Morgan fingerprint density at radius 1 is 1.00 bits per heavy atom. The van der Waals surface area contributed by atoms with Gasteiger partial charge in [0.15, 0.2) is 0 Å². The summed E-state index contributed by atoms with van der Waals surface area (Å²) in [5.41, 5.74) is 3.85. The van der Waals surface area contributed by atoms with Crippen LogP contribution in [0.5, 0.6) is 0 Å². The molecule has 4 rings (SSSR count). The Morgan fingerprint density at radius 3 is 2.61 bits per heavy atom. The van der Waals surface area contributed by atoms with Crippen molar-refractivity contribution >= 4 is 34.7 Å². The molecule has 0 fully saturated rings. The van der Waals surface area contributed by atoms with Crippen molar-refractivity contribution in [3.63, 3.8) is 0 Å². The molecule has 0 saturated carbocycles. The Bertz CT molecular complexity index is 1030. The number of benzene rings is 2. The van der Waals surface area contributed by atoms with Crippen LogP contribution in [0.2, 0.25) is 0 Å². The molecular formula is C21H19N5O2. The van der Waals surface area contributed by atoms with E-state index in [1.807, 2.05) is 36.4 Å². The second kappa shape index (κ2) is 7.48. The fourth-order valence-corrected chi connectivity index (χ4v) is 3.22. The smallest absolute Gasteiger partial charge is 0.278 e. The quantitative estimate of drug-likeness (QED) is 0.732. The van der Waals surface area contributed by atoms with E-state index in [1.54, 1.807) is 17.0 Å². The molecule has 7 heteroatoms. The van der Waals surface area contributed by atoms with E-state index in [9.17, 15) is 9.59 Å². The fourth-order valence-electron chi connectivity index (χ4n) is 3.22. The van der Waals surface area contributed by atoms with Crippen LogP contribution in [0.4, 0.5) is 22.9 Å². The van der Waals surface area contributed by atoms with Gasteiger partial charge in [-0.15, -0.1) is 0 Å². The summed E-state index contributed by atoms with van der Waals surface area (Å²) in [5.74, 6) is 0.221. The third kappa shape index (κ3) is 3.68. The molecule has 3 aromatic rings. The maximum Gasteiger partial charge on any atom is 0.278 e. The minimum absolute atomic E-state index is 0.136. The van der Waals surface area contributed by atoms with E-state index in [0.717, 1.165) is 17.8 Å². The first kappa shape index (κ1) is 17.7. The SMILES string of the molecule is CC(=O)Nc1cccc(Nc2cnc(C(=O)N3CCc4ccccc43)cn2)c1. The molecule has 2 amide bonds. The third-order valence-electron chi connectivity index (χ3n) is 4.46. The van der Waals surface area contributed by atoms with Gasteiger partial charge >= 0.3 is 0 Å². The zero-order valence-electron chi connectivity index (χ0n) is 15.3. The van der Waals surface area contributed by atoms with E-state index in [2.05, 4.69) is 20.6 Å². The number of carbonyl (C=O) groups excluding carboxylic acids is 2. The van der Waals surface area contributed by atoms with Crippen LogP contribution in [0.15, 0.2) is 60.9 Å². The van der Waals surface area contributed by atoms with Gasteiger partial charge in [0.1, 0.15) is 11.5 Å². The zero-order chi connectivity index (χ0) is 19.5. The molecule has 2 aromatic carbocycles. The number of aromatic nitrogens is 2. The van der Waals surface area contributed by atoms with Crippen molar-refractivity contribution in [3.8, 4) is 0 Å². The summed E-state index contributed by atoms with van der Waals surface area (Å²) in [6.07, 6.45) is 3.85. The Balaban J connectivity index is 1.47. The number of carbonyl (C=O) groups is 2. The van der Waals surface area contributed by atoms with Crippen LogP contribution in [0.1, 0.15) is 23.0 Å². The monoisotopic (exact) mass is 373 g/mol. The highest BCUT2D eigenvalue weighted by Gasteiger charge is 2.26. The van der Waals surface area contributed by atoms with E-state index in [-0.39, 0.29) is 11.8 Å². The zero-order valence-corrected chi connectivity index (χ0v) is 15.3. The second-order valence-electron chi connectivity index (χ2n) is 6.51. The van der Waals surface area contributed by atoms with Crippen LogP contribution in [-0.2, 0) is 11.2 Å². The van der Waals surface area contributed by atoms with Crippen LogP contribution in [0.3, 0.4) is 0 Å². The van der Waals surface area contributed by atoms with E-state index in [1.165, 1.54) is 24.9 Å². The average Bonchev–Trinajstić information content (AvgIpc) is 3.12. The maximum absolute atomic E-state index is 12.8. The molecule has 140 valence electrons. The topological polar surface area (TPSA) is 87.2 Å². The van der Waals surface area contributed by atoms with Crippen LogP contribution in [0, 0.1) is 0 Å². The first-order valence-electron chi connectivity index (χ1n) is 8.96. The summed E-state index contributed by atoms with van der Waals surface area (Å²) in [4.78, 5) is 34.3. The lowest BCUT2D eigenvalue weighted by atomic mass is 10.2. The summed E-state index contributed by atoms with van der Waals surface area (Å²) in [7, 11) is 0. The van der Waals surface area contributed by atoms with E-state index in [4.69, 9.17) is 0 Å². The van der Waals surface area contributed by atoms with E-state index >= 15 is 0 Å². The maximum atomic E-state index is 12.8. The van der Waals surface area contributed by atoms with Crippen LogP contribution < -0.4 is 15.5 Å². The predicted molar refractivity (Wildman–Crippen MR) is 108 cm³/mol. The number of nitrogens with one attached hydrogen (secondary N) is 2. The summed E-state index contributed by atoms with van der Waals surface area (Å²) in [5, 5.41) is 5.85. The molecule has 1 aliphatic heterocycles. The molecule has 0 unspecified atom stereocenters. The van der Waals surface area contributed by atoms with Gasteiger partial charge in [-0.1, -0.05) is 24.3 Å². The van der Waals surface area contributed by atoms with Crippen LogP contribution in [-0.4, -0.2) is 28.3 Å². The molecule has 1 aromatic heterocycles. The number of amides is 2. The molecule has 7 nitrogen and oxygen atoms in total. The van der Waals surface area contributed by atoms with Gasteiger partial charge in [-0.2, -0.15) is 0 Å². The van der Waals surface area contributed by atoms with Crippen molar-refractivity contribution < 1.29 is 9.59 Å². The predicted octanol–water partition coefficient (Wildman–Crippen LogP) is 3.38. The number of hydrogen-bond acceptors (Lipinski definition) is 5. The summed E-state index contributed by atoms with van der Waals surface area (Å²) in [6.45, 7) is 2.11. The van der Waals surface area contributed by atoms with Gasteiger partial charge in [0.05, 0.1) is 12.4 Å². The Hall–Kier alpha value is -3.74. The summed E-state index contributed by atoms with van der Waals surface area (Å²) in [6, 6.07) is 15.2. The fraction of sp³-hybridized carbons (Fsp3) is 0.143. The van der Waals surface area contributed by atoms with Crippen molar-refractivity contribution in [1.29, 1.82) is 0 Å². The molecule has 2 N–H and O–H groups in total. The van der Waals surface area contributed by atoms with Crippen molar-refractivity contribution in [2.24, 2.45) is 0 Å². The number of anilines is 4. The van der Waals surface area contributed by atoms with Gasteiger partial charge in [0.25, 0.3) is 5.91 Å². The molecule has 0 aliphatic carbocycles. The van der Waals surface area contributed by atoms with Crippen molar-refractivity contribution in [1.82, 2.24) is 9.97 Å². The molecule has 0 radical (unpaired) electrons. The Morgan fingerprint density at radius 2 is 1.82 bits per heavy atom. The first-order valence-corrected chi connectivity index (χ1v) is 8.96. The molecule has 0 spiro atoms. The minimum Gasteiger partial charge on any atom is -0.339 e. The van der Waals surface area contributed by atoms with Crippen LogP contribution in [0.25, 0.3) is 0 Å². The van der Waals surface area contributed by atoms with E-state index in [0.29, 0.717) is 23.7 Å². The van der Waals surface area contributed by atoms with Gasteiger partial charge in [-0.25, -0.2) is 9.97 Å². The number of nitrogens with zero attached hydrogens (tertiary/aromatic N) is 3. The van der Waals surface area contributed by atoms with Gasteiger partial charge in [-0.3, -0.25) is 9.59 Å². The van der Waals surface area contributed by atoms with Gasteiger partial charge in [0, 0.05) is 30.5 Å². The van der Waals surface area contributed by atoms with Gasteiger partial charge in [0.2, 0.25) is 5.91 Å². The number of para-hydroxylation sites is 1. The first-order chi connectivity index (χ1) is 13.6. The molecule has 28 heavy (non-hydrogen) atoms. The summed E-state index contributed by atoms with van der Waals surface area (Å²) >= 11 is 0. The number of hydrogen-bond donors (Lipinski definition) is 2. The van der Waals surface area contributed by atoms with E-state index < -0.39 is 0 Å². The highest BCUT2D eigenvalue weighted by molar-refractivity contribution is 6.05. The average molecular weight is 373 g/mol. The normalized spacial score (nSPS) is 12.4. The minimum atomic E-state index is -0.156. The lowest BCUT2D eigenvalue weighted by molar-refractivity contribution is -0.114. The molecule has 0 atom stereocenters. The summed E-state index contributed by atoms with van der Waals surface area (Å²) < 4.78 is 0. The molecular weight excluding hydrogens is 354 g/mol. The number of rotatable bonds is 4. The Labute approximate surface area is 162 Å². The van der Waals surface area contributed by atoms with Crippen molar-refractivity contribution in [2.45, 2.75) is 13.3 Å². The largest absolute Gasteiger partial charge is 0.339 e. The lowest BCUT2D eigenvalue weighted by Gasteiger charge is -2.16.